The highest BCUT2D eigenvalue weighted by Gasteiger charge is 2.39. The number of amides is 4. The number of imide groups is 2. The van der Waals surface area contributed by atoms with Gasteiger partial charge in [0, 0.05) is 19.8 Å². The normalized spacial score (nSPS) is 20.2. The number of ether oxygens (including phenoxy) is 1. The highest BCUT2D eigenvalue weighted by molar-refractivity contribution is 6.16. The molecule has 0 aromatic rings. The van der Waals surface area contributed by atoms with Crippen LogP contribution in [0.3, 0.4) is 0 Å². The van der Waals surface area contributed by atoms with Crippen molar-refractivity contribution in [3.63, 3.8) is 0 Å². The third kappa shape index (κ3) is 3.53. The van der Waals surface area contributed by atoms with E-state index in [2.05, 4.69) is 5.32 Å². The molecule has 0 aromatic carbocycles. The SMILES string of the molecule is CCCC1C(=O)NC(=O)N(CCCOCC)C1=O. The first-order chi connectivity index (χ1) is 8.61. The lowest BCUT2D eigenvalue weighted by Gasteiger charge is -2.29. The fraction of sp³-hybridized carbons (Fsp3) is 0.750. The van der Waals surface area contributed by atoms with Gasteiger partial charge in [-0.25, -0.2) is 4.79 Å². The van der Waals surface area contributed by atoms with Gasteiger partial charge in [-0.1, -0.05) is 13.3 Å². The van der Waals surface area contributed by atoms with Gasteiger partial charge in [0.05, 0.1) is 0 Å². The molecule has 1 unspecified atom stereocenters. The molecule has 1 heterocycles. The maximum atomic E-state index is 12.0. The molecular weight excluding hydrogens is 236 g/mol. The molecule has 1 N–H and O–H groups in total. The first kappa shape index (κ1) is 14.6. The number of nitrogens with zero attached hydrogens (tertiary/aromatic N) is 1. The van der Waals surface area contributed by atoms with Gasteiger partial charge in [-0.05, 0) is 19.8 Å². The minimum atomic E-state index is -0.722. The van der Waals surface area contributed by atoms with E-state index in [4.69, 9.17) is 4.74 Å². The van der Waals surface area contributed by atoms with Crippen LogP contribution in [-0.4, -0.2) is 42.5 Å². The maximum Gasteiger partial charge on any atom is 0.330 e. The molecule has 0 bridgehead atoms. The third-order valence-corrected chi connectivity index (χ3v) is 2.81. The summed E-state index contributed by atoms with van der Waals surface area (Å²) < 4.78 is 5.15. The Bertz CT molecular complexity index is 330. The lowest BCUT2D eigenvalue weighted by atomic mass is 9.99. The molecule has 0 radical (unpaired) electrons. The molecule has 4 amide bonds. The summed E-state index contributed by atoms with van der Waals surface area (Å²) in [6.07, 6.45) is 1.78. The Kier molecular flexibility index (Phi) is 5.77. The number of carbonyl (C=O) groups is 3. The van der Waals surface area contributed by atoms with Crippen molar-refractivity contribution in [2.75, 3.05) is 19.8 Å². The molecule has 102 valence electrons. The molecule has 0 aliphatic carbocycles. The van der Waals surface area contributed by atoms with Crippen molar-refractivity contribution in [3.05, 3.63) is 0 Å². The number of nitrogens with one attached hydrogen (secondary N) is 1. The van der Waals surface area contributed by atoms with Crippen molar-refractivity contribution in [3.8, 4) is 0 Å². The van der Waals surface area contributed by atoms with E-state index >= 15 is 0 Å². The van der Waals surface area contributed by atoms with E-state index in [0.717, 1.165) is 11.3 Å². The Morgan fingerprint density at radius 2 is 2.00 bits per heavy atom. The second kappa shape index (κ2) is 7.10. The highest BCUT2D eigenvalue weighted by Crippen LogP contribution is 2.16. The molecule has 1 aliphatic rings. The fourth-order valence-electron chi connectivity index (χ4n) is 1.88. The van der Waals surface area contributed by atoms with Gasteiger partial charge in [-0.15, -0.1) is 0 Å². The first-order valence-electron chi connectivity index (χ1n) is 6.35. The number of hydrogen-bond donors (Lipinski definition) is 1. The van der Waals surface area contributed by atoms with Gasteiger partial charge >= 0.3 is 6.03 Å². The van der Waals surface area contributed by atoms with E-state index in [-0.39, 0.29) is 12.5 Å². The van der Waals surface area contributed by atoms with E-state index in [9.17, 15) is 14.4 Å². The van der Waals surface area contributed by atoms with E-state index in [1.54, 1.807) is 0 Å². The molecule has 1 fully saturated rings. The van der Waals surface area contributed by atoms with Crippen molar-refractivity contribution < 1.29 is 19.1 Å². The van der Waals surface area contributed by atoms with Crippen LogP contribution in [0.4, 0.5) is 4.79 Å². The van der Waals surface area contributed by atoms with Gasteiger partial charge in [0.15, 0.2) is 0 Å². The Morgan fingerprint density at radius 3 is 2.61 bits per heavy atom. The predicted octanol–water partition coefficient (Wildman–Crippen LogP) is 0.908. The van der Waals surface area contributed by atoms with Gasteiger partial charge in [0.2, 0.25) is 11.8 Å². The zero-order valence-corrected chi connectivity index (χ0v) is 10.9. The van der Waals surface area contributed by atoms with Crippen molar-refractivity contribution >= 4 is 17.8 Å². The summed E-state index contributed by atoms with van der Waals surface area (Å²) in [4.78, 5) is 36.2. The lowest BCUT2D eigenvalue weighted by molar-refractivity contribution is -0.143. The monoisotopic (exact) mass is 256 g/mol. The number of carbonyl (C=O) groups excluding carboxylic acids is 3. The molecular formula is C12H20N2O4. The minimum Gasteiger partial charge on any atom is -0.382 e. The molecule has 0 saturated carbocycles. The van der Waals surface area contributed by atoms with Crippen LogP contribution < -0.4 is 5.32 Å². The summed E-state index contributed by atoms with van der Waals surface area (Å²) in [5.41, 5.74) is 0. The lowest BCUT2D eigenvalue weighted by Crippen LogP contribution is -2.58. The summed E-state index contributed by atoms with van der Waals surface area (Å²) in [6, 6.07) is -0.617. The molecule has 18 heavy (non-hydrogen) atoms. The molecule has 1 rings (SSSR count). The van der Waals surface area contributed by atoms with Crippen LogP contribution in [0.1, 0.15) is 33.1 Å². The summed E-state index contributed by atoms with van der Waals surface area (Å²) in [5, 5.41) is 2.22. The van der Waals surface area contributed by atoms with E-state index < -0.39 is 17.9 Å². The Labute approximate surface area is 107 Å². The maximum absolute atomic E-state index is 12.0. The molecule has 6 nitrogen and oxygen atoms in total. The zero-order valence-electron chi connectivity index (χ0n) is 10.9. The highest BCUT2D eigenvalue weighted by atomic mass is 16.5. The zero-order chi connectivity index (χ0) is 13.5. The molecule has 1 atom stereocenters. The van der Waals surface area contributed by atoms with Crippen molar-refractivity contribution in [1.82, 2.24) is 10.2 Å². The Morgan fingerprint density at radius 1 is 1.28 bits per heavy atom. The summed E-state index contributed by atoms with van der Waals surface area (Å²) in [7, 11) is 0. The van der Waals surface area contributed by atoms with Gasteiger partial charge in [-0.2, -0.15) is 0 Å². The Balaban J connectivity index is 2.57. The number of barbiturate groups is 1. The summed E-state index contributed by atoms with van der Waals surface area (Å²) >= 11 is 0. The average molecular weight is 256 g/mol. The predicted molar refractivity (Wildman–Crippen MR) is 64.8 cm³/mol. The van der Waals surface area contributed by atoms with Gasteiger partial charge < -0.3 is 4.74 Å². The summed E-state index contributed by atoms with van der Waals surface area (Å²) in [6.45, 7) is 5.18. The van der Waals surface area contributed by atoms with Gasteiger partial charge in [-0.3, -0.25) is 19.8 Å². The van der Waals surface area contributed by atoms with E-state index in [0.29, 0.717) is 26.1 Å². The second-order valence-corrected chi connectivity index (χ2v) is 4.18. The number of rotatable bonds is 7. The number of hydrogen-bond acceptors (Lipinski definition) is 4. The largest absolute Gasteiger partial charge is 0.382 e. The average Bonchev–Trinajstić information content (AvgIpc) is 2.33. The van der Waals surface area contributed by atoms with Crippen LogP contribution in [0, 0.1) is 5.92 Å². The molecule has 6 heteroatoms. The van der Waals surface area contributed by atoms with Crippen molar-refractivity contribution in [1.29, 1.82) is 0 Å². The molecule has 1 saturated heterocycles. The first-order valence-corrected chi connectivity index (χ1v) is 6.35. The van der Waals surface area contributed by atoms with Crippen molar-refractivity contribution in [2.45, 2.75) is 33.1 Å². The van der Waals surface area contributed by atoms with Crippen LogP contribution in [0.5, 0.6) is 0 Å². The molecule has 0 aromatic heterocycles. The van der Waals surface area contributed by atoms with E-state index in [1.807, 2.05) is 13.8 Å². The van der Waals surface area contributed by atoms with Crippen LogP contribution in [0.2, 0.25) is 0 Å². The number of urea groups is 1. The standard InChI is InChI=1S/C12H20N2O4/c1-3-6-9-10(15)13-12(17)14(11(9)16)7-5-8-18-4-2/h9H,3-8H2,1-2H3,(H,13,15,17). The third-order valence-electron chi connectivity index (χ3n) is 2.81. The van der Waals surface area contributed by atoms with E-state index in [1.165, 1.54) is 0 Å². The van der Waals surface area contributed by atoms with Crippen LogP contribution >= 0.6 is 0 Å². The van der Waals surface area contributed by atoms with Crippen LogP contribution in [0.25, 0.3) is 0 Å². The van der Waals surface area contributed by atoms with Crippen molar-refractivity contribution in [2.24, 2.45) is 5.92 Å². The van der Waals surface area contributed by atoms with Crippen LogP contribution in [-0.2, 0) is 14.3 Å². The summed E-state index contributed by atoms with van der Waals surface area (Å²) in [5.74, 6) is -1.59. The van der Waals surface area contributed by atoms with Gasteiger partial charge in [0.25, 0.3) is 0 Å². The topological polar surface area (TPSA) is 75.7 Å². The van der Waals surface area contributed by atoms with Gasteiger partial charge in [0.1, 0.15) is 5.92 Å². The molecule has 0 spiro atoms. The fourth-order valence-corrected chi connectivity index (χ4v) is 1.88. The molecule has 1 aliphatic heterocycles. The Hall–Kier alpha value is -1.43. The quantitative estimate of drug-likeness (QED) is 0.542. The van der Waals surface area contributed by atoms with Crippen LogP contribution in [0.15, 0.2) is 0 Å². The smallest absolute Gasteiger partial charge is 0.330 e. The second-order valence-electron chi connectivity index (χ2n) is 4.18. The minimum absolute atomic E-state index is 0.290.